The SMILES string of the molecule is CCCCCCCCCCCCc1ccc2ccccc2c1S(=O)(=O)[O-].[Na+]. The van der Waals surface area contributed by atoms with Gasteiger partial charge in [0.25, 0.3) is 0 Å². The van der Waals surface area contributed by atoms with Crippen LogP contribution in [0.3, 0.4) is 0 Å². The van der Waals surface area contributed by atoms with Crippen LogP contribution < -0.4 is 29.6 Å². The molecule has 27 heavy (non-hydrogen) atoms. The average Bonchev–Trinajstić information content (AvgIpc) is 2.62. The summed E-state index contributed by atoms with van der Waals surface area (Å²) in [4.78, 5) is -0.0217. The molecule has 144 valence electrons. The molecule has 2 aromatic rings. The van der Waals surface area contributed by atoms with E-state index in [0.717, 1.165) is 18.2 Å². The molecule has 3 nitrogen and oxygen atoms in total. The molecule has 0 fully saturated rings. The van der Waals surface area contributed by atoms with Crippen molar-refractivity contribution in [1.82, 2.24) is 0 Å². The zero-order valence-electron chi connectivity index (χ0n) is 16.9. The molecule has 0 saturated heterocycles. The second-order valence-electron chi connectivity index (χ2n) is 7.16. The second kappa shape index (κ2) is 12.9. The molecule has 2 rings (SSSR count). The number of benzene rings is 2. The summed E-state index contributed by atoms with van der Waals surface area (Å²) in [6.45, 7) is 2.24. The van der Waals surface area contributed by atoms with Gasteiger partial charge in [0.05, 0.1) is 4.90 Å². The summed E-state index contributed by atoms with van der Waals surface area (Å²) in [6.07, 6.45) is 13.0. The molecular formula is C22H31NaO3S. The Morgan fingerprint density at radius 1 is 0.778 bits per heavy atom. The van der Waals surface area contributed by atoms with Crippen molar-refractivity contribution in [2.45, 2.75) is 82.4 Å². The van der Waals surface area contributed by atoms with Gasteiger partial charge in [0.15, 0.2) is 0 Å². The van der Waals surface area contributed by atoms with E-state index in [-0.39, 0.29) is 34.5 Å². The van der Waals surface area contributed by atoms with Gasteiger partial charge in [-0.2, -0.15) is 0 Å². The van der Waals surface area contributed by atoms with Crippen molar-refractivity contribution in [1.29, 1.82) is 0 Å². The van der Waals surface area contributed by atoms with E-state index in [9.17, 15) is 13.0 Å². The topological polar surface area (TPSA) is 57.2 Å². The van der Waals surface area contributed by atoms with Crippen LogP contribution in [0.1, 0.15) is 76.7 Å². The third-order valence-corrected chi connectivity index (χ3v) is 5.99. The maximum Gasteiger partial charge on any atom is 1.00 e. The summed E-state index contributed by atoms with van der Waals surface area (Å²) in [5.41, 5.74) is 0.665. The Bertz CT molecular complexity index is 787. The van der Waals surface area contributed by atoms with Gasteiger partial charge >= 0.3 is 29.6 Å². The van der Waals surface area contributed by atoms with Crippen LogP contribution in [0.25, 0.3) is 10.8 Å². The Labute approximate surface area is 187 Å². The van der Waals surface area contributed by atoms with E-state index < -0.39 is 10.1 Å². The number of aryl methyl sites for hydroxylation is 1. The molecule has 0 amide bonds. The zero-order chi connectivity index (χ0) is 18.8. The van der Waals surface area contributed by atoms with Crippen molar-refractivity contribution >= 4 is 20.9 Å². The molecule has 0 atom stereocenters. The molecule has 0 aliphatic heterocycles. The second-order valence-corrected chi connectivity index (χ2v) is 8.48. The Balaban J connectivity index is 0.00000364. The van der Waals surface area contributed by atoms with E-state index in [1.165, 1.54) is 51.4 Å². The van der Waals surface area contributed by atoms with E-state index in [4.69, 9.17) is 0 Å². The predicted molar refractivity (Wildman–Crippen MR) is 107 cm³/mol. The summed E-state index contributed by atoms with van der Waals surface area (Å²) in [7, 11) is -4.47. The standard InChI is InChI=1S/C22H32O3S.Na/c1-2-3-4-5-6-7-8-9-10-11-15-20-18-17-19-14-12-13-16-21(19)22(20)26(23,24)25;/h12-14,16-18H,2-11,15H2,1H3,(H,23,24,25);/q;+1/p-1. The zero-order valence-corrected chi connectivity index (χ0v) is 19.7. The third kappa shape index (κ3) is 8.25. The Morgan fingerprint density at radius 2 is 1.33 bits per heavy atom. The number of rotatable bonds is 12. The molecule has 0 aromatic heterocycles. The van der Waals surface area contributed by atoms with Gasteiger partial charge in [0.2, 0.25) is 0 Å². The molecule has 0 radical (unpaired) electrons. The number of hydrogen-bond donors (Lipinski definition) is 0. The molecular weight excluding hydrogens is 367 g/mol. The van der Waals surface area contributed by atoms with Crippen molar-refractivity contribution in [3.8, 4) is 0 Å². The largest absolute Gasteiger partial charge is 1.00 e. The first-order chi connectivity index (χ1) is 12.5. The van der Waals surface area contributed by atoms with Gasteiger partial charge in [0.1, 0.15) is 10.1 Å². The van der Waals surface area contributed by atoms with Crippen molar-refractivity contribution in [2.75, 3.05) is 0 Å². The molecule has 0 heterocycles. The fourth-order valence-electron chi connectivity index (χ4n) is 3.58. The van der Waals surface area contributed by atoms with Crippen LogP contribution >= 0.6 is 0 Å². The monoisotopic (exact) mass is 398 g/mol. The summed E-state index contributed by atoms with van der Waals surface area (Å²) in [5.74, 6) is 0. The normalized spacial score (nSPS) is 11.5. The number of fused-ring (bicyclic) bond motifs is 1. The van der Waals surface area contributed by atoms with Crippen LogP contribution in [0.15, 0.2) is 41.3 Å². The summed E-state index contributed by atoms with van der Waals surface area (Å²) in [6, 6.07) is 10.9. The fourth-order valence-corrected chi connectivity index (χ4v) is 4.53. The van der Waals surface area contributed by atoms with Gasteiger partial charge < -0.3 is 4.55 Å². The smallest absolute Gasteiger partial charge is 0.744 e. The van der Waals surface area contributed by atoms with Gasteiger partial charge in [0, 0.05) is 0 Å². The Hall–Kier alpha value is -0.390. The fraction of sp³-hybridized carbons (Fsp3) is 0.545. The van der Waals surface area contributed by atoms with E-state index >= 15 is 0 Å². The average molecular weight is 399 g/mol. The van der Waals surface area contributed by atoms with Crippen LogP contribution in [0.4, 0.5) is 0 Å². The third-order valence-electron chi connectivity index (χ3n) is 5.01. The molecule has 0 unspecified atom stereocenters. The Kier molecular flexibility index (Phi) is 11.8. The number of hydrogen-bond acceptors (Lipinski definition) is 3. The van der Waals surface area contributed by atoms with Crippen LogP contribution in [-0.4, -0.2) is 13.0 Å². The van der Waals surface area contributed by atoms with Crippen molar-refractivity contribution in [2.24, 2.45) is 0 Å². The van der Waals surface area contributed by atoms with Gasteiger partial charge in [-0.05, 0) is 29.2 Å². The molecule has 0 aliphatic carbocycles. The first-order valence-electron chi connectivity index (χ1n) is 10.0. The quantitative estimate of drug-likeness (QED) is 0.313. The first kappa shape index (κ1) is 24.6. The molecule has 0 N–H and O–H groups in total. The summed E-state index contributed by atoms with van der Waals surface area (Å²) >= 11 is 0. The van der Waals surface area contributed by atoms with E-state index in [2.05, 4.69) is 6.92 Å². The molecule has 2 aromatic carbocycles. The maximum absolute atomic E-state index is 11.8. The van der Waals surface area contributed by atoms with Crippen LogP contribution in [0, 0.1) is 0 Å². The van der Waals surface area contributed by atoms with Crippen LogP contribution in [-0.2, 0) is 16.5 Å². The van der Waals surface area contributed by atoms with Gasteiger partial charge in [-0.15, -0.1) is 0 Å². The summed E-state index contributed by atoms with van der Waals surface area (Å²) < 4.78 is 35.4. The molecule has 0 aliphatic rings. The minimum Gasteiger partial charge on any atom is -0.744 e. The van der Waals surface area contributed by atoms with E-state index in [1.54, 1.807) is 18.2 Å². The number of unbranched alkanes of at least 4 members (excludes halogenated alkanes) is 9. The van der Waals surface area contributed by atoms with E-state index in [1.807, 2.05) is 18.2 Å². The maximum atomic E-state index is 11.8. The Morgan fingerprint density at radius 3 is 1.93 bits per heavy atom. The van der Waals surface area contributed by atoms with E-state index in [0.29, 0.717) is 17.4 Å². The van der Waals surface area contributed by atoms with Crippen LogP contribution in [0.2, 0.25) is 0 Å². The molecule has 0 bridgehead atoms. The van der Waals surface area contributed by atoms with Gasteiger partial charge in [-0.1, -0.05) is 101 Å². The minimum atomic E-state index is -4.47. The minimum absolute atomic E-state index is 0. The van der Waals surface area contributed by atoms with Crippen molar-refractivity contribution in [3.63, 3.8) is 0 Å². The summed E-state index contributed by atoms with van der Waals surface area (Å²) in [5, 5.41) is 1.35. The molecule has 0 spiro atoms. The van der Waals surface area contributed by atoms with Crippen LogP contribution in [0.5, 0.6) is 0 Å². The molecule has 0 saturated carbocycles. The van der Waals surface area contributed by atoms with Crippen molar-refractivity contribution in [3.05, 3.63) is 42.0 Å². The van der Waals surface area contributed by atoms with Crippen molar-refractivity contribution < 1.29 is 42.5 Å². The van der Waals surface area contributed by atoms with Gasteiger partial charge in [-0.25, -0.2) is 8.42 Å². The van der Waals surface area contributed by atoms with Gasteiger partial charge in [-0.3, -0.25) is 0 Å². The predicted octanol–water partition coefficient (Wildman–Crippen LogP) is 3.21. The molecule has 5 heteroatoms. The first-order valence-corrected chi connectivity index (χ1v) is 11.4.